The molecule has 1 amide bonds. The number of hydrogen-bond donors (Lipinski definition) is 2. The van der Waals surface area contributed by atoms with E-state index in [4.69, 9.17) is 4.74 Å². The van der Waals surface area contributed by atoms with Crippen molar-refractivity contribution in [3.8, 4) is 5.75 Å². The van der Waals surface area contributed by atoms with Gasteiger partial charge >= 0.3 is 6.36 Å². The zero-order valence-electron chi connectivity index (χ0n) is 19.4. The van der Waals surface area contributed by atoms with Crippen LogP contribution in [-0.4, -0.2) is 46.1 Å². The number of benzene rings is 2. The van der Waals surface area contributed by atoms with Crippen molar-refractivity contribution >= 4 is 49.6 Å². The number of imidazole rings is 1. The number of anilines is 2. The number of nitrogens with zero attached hydrogens (tertiary/aromatic N) is 3. The van der Waals surface area contributed by atoms with Gasteiger partial charge in [0.2, 0.25) is 5.95 Å². The van der Waals surface area contributed by atoms with E-state index >= 15 is 0 Å². The van der Waals surface area contributed by atoms with Crippen molar-refractivity contribution in [2.75, 3.05) is 18.5 Å². The van der Waals surface area contributed by atoms with Crippen LogP contribution in [0.1, 0.15) is 36.0 Å². The smallest absolute Gasteiger partial charge is 0.406 e. The van der Waals surface area contributed by atoms with Crippen LogP contribution in [0.25, 0.3) is 21.3 Å². The molecule has 0 bridgehead atoms. The van der Waals surface area contributed by atoms with E-state index in [0.717, 1.165) is 37.8 Å². The molecule has 0 spiro atoms. The van der Waals surface area contributed by atoms with Gasteiger partial charge in [0.05, 0.1) is 27.4 Å². The van der Waals surface area contributed by atoms with E-state index in [2.05, 4.69) is 25.3 Å². The van der Waals surface area contributed by atoms with E-state index in [1.165, 1.54) is 29.5 Å². The molecule has 36 heavy (non-hydrogen) atoms. The van der Waals surface area contributed by atoms with Gasteiger partial charge in [-0.2, -0.15) is 0 Å². The maximum absolute atomic E-state index is 12.6. The summed E-state index contributed by atoms with van der Waals surface area (Å²) in [5.74, 6) is 0.0174. The van der Waals surface area contributed by atoms with Crippen LogP contribution in [0.5, 0.6) is 5.75 Å². The lowest BCUT2D eigenvalue weighted by atomic mass is 10.1. The lowest BCUT2D eigenvalue weighted by molar-refractivity contribution is -0.274. The fourth-order valence-corrected chi connectivity index (χ4v) is 5.08. The molecular formula is C24H24F3N5O3S. The Bertz CT molecular complexity index is 1400. The Morgan fingerprint density at radius 1 is 1.19 bits per heavy atom. The summed E-state index contributed by atoms with van der Waals surface area (Å²) in [6.45, 7) is 1.33. The summed E-state index contributed by atoms with van der Waals surface area (Å²) in [6, 6.07) is 9.30. The number of hydrogen-bond acceptors (Lipinski definition) is 7. The van der Waals surface area contributed by atoms with Gasteiger partial charge in [-0.25, -0.2) is 9.97 Å². The molecule has 2 aromatic heterocycles. The quantitative estimate of drug-likeness (QED) is 0.335. The van der Waals surface area contributed by atoms with Crippen molar-refractivity contribution in [3.05, 3.63) is 42.0 Å². The molecule has 1 unspecified atom stereocenters. The molecule has 4 aromatic rings. The molecular weight excluding hydrogens is 495 g/mol. The van der Waals surface area contributed by atoms with Crippen molar-refractivity contribution in [1.29, 1.82) is 0 Å². The van der Waals surface area contributed by atoms with Crippen LogP contribution < -0.4 is 15.4 Å². The third-order valence-corrected chi connectivity index (χ3v) is 6.91. The highest BCUT2D eigenvalue weighted by Crippen LogP contribution is 2.33. The number of carbonyl (C=O) groups is 1. The second-order valence-electron chi connectivity index (χ2n) is 8.55. The monoisotopic (exact) mass is 519 g/mol. The SMILES string of the molecule is Cn1c(Nc2nc3ccc(OC(F)(F)F)cc3s2)nc2cc(C(=O)NCCC3CCCCO3)ccc21. The van der Waals surface area contributed by atoms with E-state index in [1.807, 2.05) is 17.7 Å². The van der Waals surface area contributed by atoms with E-state index in [1.54, 1.807) is 12.1 Å². The van der Waals surface area contributed by atoms with Crippen molar-refractivity contribution in [2.45, 2.75) is 38.1 Å². The van der Waals surface area contributed by atoms with Gasteiger partial charge in [-0.15, -0.1) is 13.2 Å². The number of halogens is 3. The van der Waals surface area contributed by atoms with Crippen LogP contribution in [0.4, 0.5) is 24.3 Å². The molecule has 3 heterocycles. The topological polar surface area (TPSA) is 90.3 Å². The molecule has 0 radical (unpaired) electrons. The molecule has 190 valence electrons. The zero-order valence-corrected chi connectivity index (χ0v) is 20.2. The van der Waals surface area contributed by atoms with Gasteiger partial charge in [0, 0.05) is 31.8 Å². The van der Waals surface area contributed by atoms with E-state index < -0.39 is 6.36 Å². The molecule has 1 aliphatic heterocycles. The summed E-state index contributed by atoms with van der Waals surface area (Å²) >= 11 is 1.18. The summed E-state index contributed by atoms with van der Waals surface area (Å²) in [5.41, 5.74) is 2.49. The molecule has 1 saturated heterocycles. The van der Waals surface area contributed by atoms with Gasteiger partial charge in [0.15, 0.2) is 5.13 Å². The summed E-state index contributed by atoms with van der Waals surface area (Å²) in [6.07, 6.45) is -0.472. The normalized spacial score (nSPS) is 16.4. The fourth-order valence-electron chi connectivity index (χ4n) is 4.19. The number of fused-ring (bicyclic) bond motifs is 2. The Labute approximate surface area is 208 Å². The van der Waals surface area contributed by atoms with E-state index in [9.17, 15) is 18.0 Å². The summed E-state index contributed by atoms with van der Waals surface area (Å²) in [7, 11) is 1.82. The minimum absolute atomic E-state index is 0.170. The van der Waals surface area contributed by atoms with Crippen LogP contribution in [-0.2, 0) is 11.8 Å². The Morgan fingerprint density at radius 2 is 2.06 bits per heavy atom. The number of amides is 1. The standard InChI is InChI=1S/C24H24F3N5O3S/c1-32-19-8-5-14(21(33)28-10-9-15-4-2-3-11-34-15)12-18(19)29-22(32)31-23-30-17-7-6-16(13-20(17)36-23)35-24(25,26)27/h5-8,12-13,15H,2-4,9-11H2,1H3,(H,28,33)(H,29,30,31). The van der Waals surface area contributed by atoms with Crippen LogP contribution in [0.2, 0.25) is 0 Å². The Balaban J connectivity index is 1.28. The first kappa shape index (κ1) is 24.3. The Morgan fingerprint density at radius 3 is 2.83 bits per heavy atom. The molecule has 1 aliphatic rings. The zero-order chi connectivity index (χ0) is 25.3. The van der Waals surface area contributed by atoms with Crippen molar-refractivity contribution < 1.29 is 27.4 Å². The number of rotatable bonds is 7. The van der Waals surface area contributed by atoms with Crippen LogP contribution in [0, 0.1) is 0 Å². The fraction of sp³-hybridized carbons (Fsp3) is 0.375. The summed E-state index contributed by atoms with van der Waals surface area (Å²) < 4.78 is 49.6. The molecule has 12 heteroatoms. The highest BCUT2D eigenvalue weighted by Gasteiger charge is 2.31. The number of aromatic nitrogens is 3. The predicted octanol–water partition coefficient (Wildman–Crippen LogP) is 5.51. The van der Waals surface area contributed by atoms with Gasteiger partial charge in [-0.3, -0.25) is 4.79 Å². The number of aryl methyl sites for hydroxylation is 1. The number of thiazole rings is 1. The van der Waals surface area contributed by atoms with Gasteiger partial charge in [-0.1, -0.05) is 11.3 Å². The minimum Gasteiger partial charge on any atom is -0.406 e. The van der Waals surface area contributed by atoms with Gasteiger partial charge in [0.25, 0.3) is 5.91 Å². The molecule has 5 rings (SSSR count). The molecule has 1 atom stereocenters. The summed E-state index contributed by atoms with van der Waals surface area (Å²) in [5, 5.41) is 6.54. The number of carbonyl (C=O) groups excluding carboxylic acids is 1. The number of ether oxygens (including phenoxy) is 2. The van der Waals surface area contributed by atoms with E-state index in [0.29, 0.717) is 38.9 Å². The first-order valence-corrected chi connectivity index (χ1v) is 12.4. The average Bonchev–Trinajstić information content (AvgIpc) is 3.38. The highest BCUT2D eigenvalue weighted by molar-refractivity contribution is 7.22. The second kappa shape index (κ2) is 9.94. The minimum atomic E-state index is -4.76. The van der Waals surface area contributed by atoms with E-state index in [-0.39, 0.29) is 17.8 Å². The third kappa shape index (κ3) is 5.54. The first-order valence-electron chi connectivity index (χ1n) is 11.5. The van der Waals surface area contributed by atoms with Crippen molar-refractivity contribution in [1.82, 2.24) is 19.9 Å². The molecule has 2 aromatic carbocycles. The first-order chi connectivity index (χ1) is 17.2. The maximum Gasteiger partial charge on any atom is 0.573 e. The molecule has 0 saturated carbocycles. The number of nitrogens with one attached hydrogen (secondary N) is 2. The molecule has 8 nitrogen and oxygen atoms in total. The molecule has 1 fully saturated rings. The van der Waals surface area contributed by atoms with Crippen LogP contribution in [0.3, 0.4) is 0 Å². The predicted molar refractivity (Wildman–Crippen MR) is 131 cm³/mol. The molecule has 0 aliphatic carbocycles. The second-order valence-corrected chi connectivity index (χ2v) is 9.58. The maximum atomic E-state index is 12.6. The van der Waals surface area contributed by atoms with Gasteiger partial charge in [-0.05, 0) is 56.0 Å². The van der Waals surface area contributed by atoms with Crippen LogP contribution >= 0.6 is 11.3 Å². The third-order valence-electron chi connectivity index (χ3n) is 5.98. The highest BCUT2D eigenvalue weighted by atomic mass is 32.1. The van der Waals surface area contributed by atoms with Crippen molar-refractivity contribution in [2.24, 2.45) is 7.05 Å². The number of alkyl halides is 3. The van der Waals surface area contributed by atoms with Crippen LogP contribution in [0.15, 0.2) is 36.4 Å². The summed E-state index contributed by atoms with van der Waals surface area (Å²) in [4.78, 5) is 21.6. The molecule has 2 N–H and O–H groups in total. The Hall–Kier alpha value is -3.38. The Kier molecular flexibility index (Phi) is 6.71. The average molecular weight is 520 g/mol. The largest absolute Gasteiger partial charge is 0.573 e. The van der Waals surface area contributed by atoms with Gasteiger partial charge in [0.1, 0.15) is 5.75 Å². The van der Waals surface area contributed by atoms with Gasteiger partial charge < -0.3 is 24.7 Å². The lowest BCUT2D eigenvalue weighted by Crippen LogP contribution is -2.29. The van der Waals surface area contributed by atoms with Crippen molar-refractivity contribution in [3.63, 3.8) is 0 Å². The lowest BCUT2D eigenvalue weighted by Gasteiger charge is -2.22.